The average molecular weight is 347 g/mol. The first kappa shape index (κ1) is 17.6. The Labute approximate surface area is 146 Å². The Kier molecular flexibility index (Phi) is 5.50. The number of amides is 1. The highest BCUT2D eigenvalue weighted by Crippen LogP contribution is 2.33. The number of nitrogens with one attached hydrogen (secondary N) is 2. The second-order valence-electron chi connectivity index (χ2n) is 6.41. The van der Waals surface area contributed by atoms with Gasteiger partial charge in [0.25, 0.3) is 0 Å². The molecule has 1 aliphatic heterocycles. The summed E-state index contributed by atoms with van der Waals surface area (Å²) in [5.74, 6) is 1.28. The van der Waals surface area contributed by atoms with Gasteiger partial charge in [-0.05, 0) is 27.2 Å². The molecule has 0 unspecified atom stereocenters. The average Bonchev–Trinajstić information content (AvgIpc) is 3.32. The molecule has 2 N–H and O–H groups in total. The first-order valence-electron chi connectivity index (χ1n) is 8.68. The van der Waals surface area contributed by atoms with Crippen LogP contribution in [0, 0.1) is 12.8 Å². The first-order valence-corrected chi connectivity index (χ1v) is 8.68. The van der Waals surface area contributed by atoms with Crippen molar-refractivity contribution in [2.45, 2.75) is 45.9 Å². The van der Waals surface area contributed by atoms with Crippen molar-refractivity contribution in [2.75, 3.05) is 18.5 Å². The monoisotopic (exact) mass is 347 g/mol. The standard InChI is InChI=1S/C17H25N5O3/c1-4-22-10-14(9-19-22)16-13(5-6-24-16)8-18-12(3)17(23)20-15-7-11(2)25-21-15/h7,9-10,12-13,16,18H,4-6,8H2,1-3H3,(H,20,21,23)/t12-,13+,16+/m0/s1. The Morgan fingerprint density at radius 2 is 2.36 bits per heavy atom. The van der Waals surface area contributed by atoms with Crippen LogP contribution >= 0.6 is 0 Å². The number of hydrogen-bond acceptors (Lipinski definition) is 6. The maximum absolute atomic E-state index is 12.2. The Hall–Kier alpha value is -2.19. The molecule has 3 atom stereocenters. The molecule has 3 heterocycles. The van der Waals surface area contributed by atoms with Gasteiger partial charge in [-0.3, -0.25) is 9.48 Å². The van der Waals surface area contributed by atoms with Gasteiger partial charge in [0.05, 0.1) is 18.3 Å². The number of hydrogen-bond donors (Lipinski definition) is 2. The van der Waals surface area contributed by atoms with Crippen LogP contribution < -0.4 is 10.6 Å². The van der Waals surface area contributed by atoms with Gasteiger partial charge in [0.2, 0.25) is 5.91 Å². The van der Waals surface area contributed by atoms with Crippen LogP contribution in [0.3, 0.4) is 0 Å². The fourth-order valence-electron chi connectivity index (χ4n) is 2.99. The molecule has 1 aliphatic rings. The molecule has 2 aromatic heterocycles. The van der Waals surface area contributed by atoms with Crippen molar-refractivity contribution in [3.63, 3.8) is 0 Å². The van der Waals surface area contributed by atoms with Crippen LogP contribution in [0.2, 0.25) is 0 Å². The number of carbonyl (C=O) groups is 1. The van der Waals surface area contributed by atoms with Gasteiger partial charge in [-0.15, -0.1) is 0 Å². The van der Waals surface area contributed by atoms with Crippen molar-refractivity contribution >= 4 is 11.7 Å². The van der Waals surface area contributed by atoms with Crippen molar-refractivity contribution in [2.24, 2.45) is 5.92 Å². The maximum atomic E-state index is 12.2. The van der Waals surface area contributed by atoms with Gasteiger partial charge >= 0.3 is 0 Å². The SMILES string of the molecule is CCn1cc([C@@H]2OCC[C@@H]2CN[C@@H](C)C(=O)Nc2cc(C)on2)cn1. The van der Waals surface area contributed by atoms with Crippen molar-refractivity contribution in [3.05, 3.63) is 29.8 Å². The molecular weight excluding hydrogens is 322 g/mol. The Morgan fingerprint density at radius 1 is 1.52 bits per heavy atom. The summed E-state index contributed by atoms with van der Waals surface area (Å²) in [6, 6.07) is 1.35. The summed E-state index contributed by atoms with van der Waals surface area (Å²) in [5, 5.41) is 14.1. The lowest BCUT2D eigenvalue weighted by molar-refractivity contribution is -0.117. The van der Waals surface area contributed by atoms with E-state index in [9.17, 15) is 4.79 Å². The van der Waals surface area contributed by atoms with E-state index in [1.165, 1.54) is 0 Å². The number of rotatable bonds is 7. The van der Waals surface area contributed by atoms with E-state index in [-0.39, 0.29) is 18.1 Å². The number of ether oxygens (including phenoxy) is 1. The van der Waals surface area contributed by atoms with Gasteiger partial charge in [0.15, 0.2) is 5.82 Å². The van der Waals surface area contributed by atoms with Gasteiger partial charge in [-0.2, -0.15) is 5.10 Å². The van der Waals surface area contributed by atoms with E-state index in [2.05, 4.69) is 27.8 Å². The van der Waals surface area contributed by atoms with E-state index in [0.717, 1.165) is 25.1 Å². The summed E-state index contributed by atoms with van der Waals surface area (Å²) in [4.78, 5) is 12.2. The fraction of sp³-hybridized carbons (Fsp3) is 0.588. The number of aryl methyl sites for hydroxylation is 2. The lowest BCUT2D eigenvalue weighted by Gasteiger charge is -2.20. The van der Waals surface area contributed by atoms with Crippen LogP contribution in [-0.2, 0) is 16.1 Å². The molecule has 1 saturated heterocycles. The minimum Gasteiger partial charge on any atom is -0.373 e. The zero-order valence-electron chi connectivity index (χ0n) is 14.9. The van der Waals surface area contributed by atoms with Gasteiger partial charge in [0, 0.05) is 43.4 Å². The topological polar surface area (TPSA) is 94.2 Å². The number of carbonyl (C=O) groups excluding carboxylic acids is 1. The van der Waals surface area contributed by atoms with E-state index in [4.69, 9.17) is 9.26 Å². The third-order valence-electron chi connectivity index (χ3n) is 4.48. The largest absolute Gasteiger partial charge is 0.373 e. The molecule has 0 aliphatic carbocycles. The lowest BCUT2D eigenvalue weighted by atomic mass is 9.97. The Morgan fingerprint density at radius 3 is 3.04 bits per heavy atom. The highest BCUT2D eigenvalue weighted by molar-refractivity contribution is 5.93. The Bertz CT molecular complexity index is 711. The van der Waals surface area contributed by atoms with Gasteiger partial charge in [-0.1, -0.05) is 5.16 Å². The molecule has 1 amide bonds. The van der Waals surface area contributed by atoms with E-state index < -0.39 is 0 Å². The second-order valence-corrected chi connectivity index (χ2v) is 6.41. The molecule has 8 heteroatoms. The van der Waals surface area contributed by atoms with Gasteiger partial charge in [-0.25, -0.2) is 0 Å². The van der Waals surface area contributed by atoms with Crippen LogP contribution in [-0.4, -0.2) is 40.0 Å². The van der Waals surface area contributed by atoms with Crippen molar-refractivity contribution in [1.82, 2.24) is 20.3 Å². The summed E-state index contributed by atoms with van der Waals surface area (Å²) in [5.41, 5.74) is 1.10. The van der Waals surface area contributed by atoms with Crippen LogP contribution in [0.25, 0.3) is 0 Å². The van der Waals surface area contributed by atoms with Crippen molar-refractivity contribution in [1.29, 1.82) is 0 Å². The predicted molar refractivity (Wildman–Crippen MR) is 92.0 cm³/mol. The van der Waals surface area contributed by atoms with Gasteiger partial charge < -0.3 is 19.9 Å². The van der Waals surface area contributed by atoms with E-state index in [0.29, 0.717) is 24.0 Å². The Balaban J connectivity index is 1.52. The molecule has 2 aromatic rings. The number of nitrogens with zero attached hydrogens (tertiary/aromatic N) is 3. The summed E-state index contributed by atoms with van der Waals surface area (Å²) >= 11 is 0. The van der Waals surface area contributed by atoms with Crippen LogP contribution in [0.1, 0.15) is 37.7 Å². The van der Waals surface area contributed by atoms with Crippen molar-refractivity contribution in [3.8, 4) is 0 Å². The van der Waals surface area contributed by atoms with E-state index >= 15 is 0 Å². The molecule has 136 valence electrons. The van der Waals surface area contributed by atoms with Crippen LogP contribution in [0.15, 0.2) is 23.0 Å². The van der Waals surface area contributed by atoms with Gasteiger partial charge in [0.1, 0.15) is 5.76 Å². The molecule has 3 rings (SSSR count). The number of aromatic nitrogens is 3. The molecule has 0 spiro atoms. The third-order valence-corrected chi connectivity index (χ3v) is 4.48. The summed E-state index contributed by atoms with van der Waals surface area (Å²) < 4.78 is 12.7. The molecule has 0 bridgehead atoms. The molecule has 8 nitrogen and oxygen atoms in total. The second kappa shape index (κ2) is 7.79. The zero-order valence-corrected chi connectivity index (χ0v) is 14.9. The lowest BCUT2D eigenvalue weighted by Crippen LogP contribution is -2.40. The third kappa shape index (κ3) is 4.26. The predicted octanol–water partition coefficient (Wildman–Crippen LogP) is 1.89. The summed E-state index contributed by atoms with van der Waals surface area (Å²) in [6.45, 7) is 7.95. The summed E-state index contributed by atoms with van der Waals surface area (Å²) in [7, 11) is 0. The van der Waals surface area contributed by atoms with E-state index in [1.807, 2.05) is 24.0 Å². The molecule has 0 aromatic carbocycles. The van der Waals surface area contributed by atoms with E-state index in [1.54, 1.807) is 13.0 Å². The number of anilines is 1. The molecule has 0 saturated carbocycles. The highest BCUT2D eigenvalue weighted by atomic mass is 16.5. The smallest absolute Gasteiger partial charge is 0.242 e. The minimum absolute atomic E-state index is 0.0289. The van der Waals surface area contributed by atoms with Crippen LogP contribution in [0.4, 0.5) is 5.82 Å². The molecule has 1 fully saturated rings. The maximum Gasteiger partial charge on any atom is 0.242 e. The molecular formula is C17H25N5O3. The van der Waals surface area contributed by atoms with Crippen LogP contribution in [0.5, 0.6) is 0 Å². The quantitative estimate of drug-likeness (QED) is 0.794. The van der Waals surface area contributed by atoms with Crippen molar-refractivity contribution < 1.29 is 14.1 Å². The minimum atomic E-state index is -0.336. The highest BCUT2D eigenvalue weighted by Gasteiger charge is 2.31. The first-order chi connectivity index (χ1) is 12.1. The normalized spacial score (nSPS) is 21.4. The molecule has 25 heavy (non-hydrogen) atoms. The fourth-order valence-corrected chi connectivity index (χ4v) is 2.99. The zero-order chi connectivity index (χ0) is 17.8. The summed E-state index contributed by atoms with van der Waals surface area (Å²) in [6.07, 6.45) is 4.90. The molecule has 0 radical (unpaired) electrons.